The van der Waals surface area contributed by atoms with Crippen molar-refractivity contribution in [2.75, 3.05) is 5.32 Å². The van der Waals surface area contributed by atoms with Crippen molar-refractivity contribution in [1.82, 2.24) is 0 Å². The SMILES string of the molecule is CCC(C)CC(=O)Nc1ccc(O)c(Cl)c1. The second kappa shape index (κ2) is 5.75. The molecule has 4 heteroatoms. The zero-order valence-corrected chi connectivity index (χ0v) is 10.2. The Kier molecular flexibility index (Phi) is 4.62. The summed E-state index contributed by atoms with van der Waals surface area (Å²) in [6.45, 7) is 4.08. The summed E-state index contributed by atoms with van der Waals surface area (Å²) in [4.78, 5) is 11.6. The third kappa shape index (κ3) is 3.74. The number of hydrogen-bond donors (Lipinski definition) is 2. The molecule has 2 N–H and O–H groups in total. The van der Waals surface area contributed by atoms with E-state index in [1.807, 2.05) is 6.92 Å². The maximum atomic E-state index is 11.6. The van der Waals surface area contributed by atoms with Gasteiger partial charge in [-0.15, -0.1) is 0 Å². The van der Waals surface area contributed by atoms with Crippen LogP contribution in [0.4, 0.5) is 5.69 Å². The number of anilines is 1. The van der Waals surface area contributed by atoms with Crippen LogP contribution in [0, 0.1) is 5.92 Å². The first-order chi connectivity index (χ1) is 7.52. The molecule has 0 spiro atoms. The Morgan fingerprint density at radius 2 is 2.25 bits per heavy atom. The fraction of sp³-hybridized carbons (Fsp3) is 0.417. The predicted octanol–water partition coefficient (Wildman–Crippen LogP) is 3.42. The van der Waals surface area contributed by atoms with Crippen molar-refractivity contribution in [3.8, 4) is 5.75 Å². The number of nitrogens with one attached hydrogen (secondary N) is 1. The molecule has 16 heavy (non-hydrogen) atoms. The molecule has 1 atom stereocenters. The highest BCUT2D eigenvalue weighted by atomic mass is 35.5. The van der Waals surface area contributed by atoms with Gasteiger partial charge in [-0.25, -0.2) is 0 Å². The summed E-state index contributed by atoms with van der Waals surface area (Å²) in [6, 6.07) is 4.61. The van der Waals surface area contributed by atoms with E-state index in [9.17, 15) is 9.90 Å². The number of carbonyl (C=O) groups is 1. The van der Waals surface area contributed by atoms with Crippen LogP contribution in [0.25, 0.3) is 0 Å². The van der Waals surface area contributed by atoms with Crippen molar-refractivity contribution in [3.05, 3.63) is 23.2 Å². The summed E-state index contributed by atoms with van der Waals surface area (Å²) in [7, 11) is 0. The van der Waals surface area contributed by atoms with Gasteiger partial charge >= 0.3 is 0 Å². The molecule has 1 unspecified atom stereocenters. The third-order valence-electron chi connectivity index (χ3n) is 2.46. The van der Waals surface area contributed by atoms with E-state index in [2.05, 4.69) is 12.2 Å². The van der Waals surface area contributed by atoms with Crippen molar-refractivity contribution in [3.63, 3.8) is 0 Å². The minimum atomic E-state index is -0.0314. The number of phenols is 1. The zero-order valence-electron chi connectivity index (χ0n) is 9.46. The van der Waals surface area contributed by atoms with E-state index in [0.29, 0.717) is 18.0 Å². The average Bonchev–Trinajstić information content (AvgIpc) is 2.23. The van der Waals surface area contributed by atoms with Gasteiger partial charge < -0.3 is 10.4 Å². The van der Waals surface area contributed by atoms with Crippen LogP contribution in [0.3, 0.4) is 0 Å². The van der Waals surface area contributed by atoms with Gasteiger partial charge in [-0.1, -0.05) is 31.9 Å². The first-order valence-electron chi connectivity index (χ1n) is 5.31. The third-order valence-corrected chi connectivity index (χ3v) is 2.76. The van der Waals surface area contributed by atoms with Crippen LogP contribution in [0.5, 0.6) is 5.75 Å². The molecule has 0 heterocycles. The van der Waals surface area contributed by atoms with Crippen LogP contribution in [0.15, 0.2) is 18.2 Å². The molecule has 3 nitrogen and oxygen atoms in total. The molecule has 0 aromatic heterocycles. The molecule has 1 amide bonds. The van der Waals surface area contributed by atoms with E-state index in [-0.39, 0.29) is 16.7 Å². The van der Waals surface area contributed by atoms with Gasteiger partial charge in [0.05, 0.1) is 5.02 Å². The quantitative estimate of drug-likeness (QED) is 0.794. The Labute approximate surface area is 100 Å². The molecule has 1 aromatic carbocycles. The lowest BCUT2D eigenvalue weighted by molar-refractivity contribution is -0.117. The van der Waals surface area contributed by atoms with E-state index in [4.69, 9.17) is 11.6 Å². The van der Waals surface area contributed by atoms with Gasteiger partial charge in [0.1, 0.15) is 5.75 Å². The van der Waals surface area contributed by atoms with Crippen LogP contribution in [0.1, 0.15) is 26.7 Å². The highest BCUT2D eigenvalue weighted by Crippen LogP contribution is 2.26. The second-order valence-electron chi connectivity index (χ2n) is 3.93. The first kappa shape index (κ1) is 12.8. The van der Waals surface area contributed by atoms with Gasteiger partial charge in [0.2, 0.25) is 5.91 Å². The maximum absolute atomic E-state index is 11.6. The number of phenolic OH excluding ortho intramolecular Hbond substituents is 1. The van der Waals surface area contributed by atoms with Crippen LogP contribution < -0.4 is 5.32 Å². The summed E-state index contributed by atoms with van der Waals surface area (Å²) >= 11 is 5.73. The predicted molar refractivity (Wildman–Crippen MR) is 65.8 cm³/mol. The Morgan fingerprint density at radius 3 is 2.81 bits per heavy atom. The van der Waals surface area contributed by atoms with Crippen LogP contribution >= 0.6 is 11.6 Å². The molecular formula is C12H16ClNO2. The molecule has 0 aliphatic carbocycles. The van der Waals surface area contributed by atoms with E-state index in [0.717, 1.165) is 6.42 Å². The second-order valence-corrected chi connectivity index (χ2v) is 4.34. The number of rotatable bonds is 4. The molecule has 0 aliphatic heterocycles. The summed E-state index contributed by atoms with van der Waals surface area (Å²) in [5.41, 5.74) is 0.608. The number of halogens is 1. The smallest absolute Gasteiger partial charge is 0.224 e. The number of aromatic hydroxyl groups is 1. The van der Waals surface area contributed by atoms with Gasteiger partial charge in [-0.3, -0.25) is 4.79 Å². The Hall–Kier alpha value is -1.22. The fourth-order valence-electron chi connectivity index (χ4n) is 1.26. The van der Waals surface area contributed by atoms with Crippen LogP contribution in [-0.4, -0.2) is 11.0 Å². The fourth-order valence-corrected chi connectivity index (χ4v) is 1.44. The highest BCUT2D eigenvalue weighted by molar-refractivity contribution is 6.32. The Balaban J connectivity index is 2.59. The van der Waals surface area contributed by atoms with E-state index in [1.54, 1.807) is 6.07 Å². The molecule has 0 saturated carbocycles. The lowest BCUT2D eigenvalue weighted by Gasteiger charge is -2.09. The summed E-state index contributed by atoms with van der Waals surface area (Å²) in [6.07, 6.45) is 1.47. The Bertz CT molecular complexity index is 379. The monoisotopic (exact) mass is 241 g/mol. The first-order valence-corrected chi connectivity index (χ1v) is 5.69. The zero-order chi connectivity index (χ0) is 12.1. The number of hydrogen-bond acceptors (Lipinski definition) is 2. The molecule has 0 fully saturated rings. The van der Waals surface area contributed by atoms with Gasteiger partial charge in [-0.05, 0) is 24.1 Å². The van der Waals surface area contributed by atoms with Crippen molar-refractivity contribution in [2.24, 2.45) is 5.92 Å². The van der Waals surface area contributed by atoms with Gasteiger partial charge in [0, 0.05) is 12.1 Å². The summed E-state index contributed by atoms with van der Waals surface area (Å²) in [5.74, 6) is 0.352. The van der Waals surface area contributed by atoms with Gasteiger partial charge in [0.15, 0.2) is 0 Å². The van der Waals surface area contributed by atoms with Crippen molar-refractivity contribution in [2.45, 2.75) is 26.7 Å². The molecule has 0 bridgehead atoms. The van der Waals surface area contributed by atoms with Gasteiger partial charge in [-0.2, -0.15) is 0 Å². The topological polar surface area (TPSA) is 49.3 Å². The van der Waals surface area contributed by atoms with Gasteiger partial charge in [0.25, 0.3) is 0 Å². The van der Waals surface area contributed by atoms with E-state index < -0.39 is 0 Å². The highest BCUT2D eigenvalue weighted by Gasteiger charge is 2.08. The molecule has 0 aliphatic rings. The summed E-state index contributed by atoms with van der Waals surface area (Å²) in [5, 5.41) is 12.2. The Morgan fingerprint density at radius 1 is 1.56 bits per heavy atom. The standard InChI is InChI=1S/C12H16ClNO2/c1-3-8(2)6-12(16)14-9-4-5-11(15)10(13)7-9/h4-5,7-8,15H,3,6H2,1-2H3,(H,14,16). The molecule has 1 aromatic rings. The molecule has 0 saturated heterocycles. The summed E-state index contributed by atoms with van der Waals surface area (Å²) < 4.78 is 0. The molecule has 0 radical (unpaired) electrons. The average molecular weight is 242 g/mol. The van der Waals surface area contributed by atoms with Crippen molar-refractivity contribution in [1.29, 1.82) is 0 Å². The maximum Gasteiger partial charge on any atom is 0.224 e. The number of carbonyl (C=O) groups excluding carboxylic acids is 1. The largest absolute Gasteiger partial charge is 0.506 e. The molecule has 88 valence electrons. The molecule has 1 rings (SSSR count). The normalized spacial score (nSPS) is 12.2. The lowest BCUT2D eigenvalue weighted by atomic mass is 10.1. The molecular weight excluding hydrogens is 226 g/mol. The van der Waals surface area contributed by atoms with Crippen molar-refractivity contribution < 1.29 is 9.90 Å². The van der Waals surface area contributed by atoms with Crippen molar-refractivity contribution >= 4 is 23.2 Å². The minimum absolute atomic E-state index is 0.0154. The minimum Gasteiger partial charge on any atom is -0.506 e. The lowest BCUT2D eigenvalue weighted by Crippen LogP contribution is -2.14. The van der Waals surface area contributed by atoms with E-state index in [1.165, 1.54) is 12.1 Å². The van der Waals surface area contributed by atoms with Crippen LogP contribution in [0.2, 0.25) is 5.02 Å². The van der Waals surface area contributed by atoms with Crippen LogP contribution in [-0.2, 0) is 4.79 Å². The van der Waals surface area contributed by atoms with E-state index >= 15 is 0 Å². The number of benzene rings is 1. The number of amides is 1.